The average molecular weight is 420 g/mol. The zero-order chi connectivity index (χ0) is 15.7. The van der Waals surface area contributed by atoms with Crippen molar-refractivity contribution in [3.63, 3.8) is 0 Å². The first-order valence-electron chi connectivity index (χ1n) is 7.37. The number of aliphatic imine (C=N–C) groups is 1. The maximum absolute atomic E-state index is 5.21. The van der Waals surface area contributed by atoms with Gasteiger partial charge < -0.3 is 20.3 Å². The third-order valence-electron chi connectivity index (χ3n) is 3.35. The van der Waals surface area contributed by atoms with Gasteiger partial charge in [-0.2, -0.15) is 0 Å². The summed E-state index contributed by atoms with van der Waals surface area (Å²) in [6, 6.07) is 8.48. The van der Waals surface area contributed by atoms with Crippen LogP contribution in [0.15, 0.2) is 29.3 Å². The van der Waals surface area contributed by atoms with Crippen molar-refractivity contribution in [3.8, 4) is 5.75 Å². The van der Waals surface area contributed by atoms with Gasteiger partial charge in [-0.25, -0.2) is 0 Å². The van der Waals surface area contributed by atoms with Crippen LogP contribution in [0.3, 0.4) is 0 Å². The number of nitrogens with one attached hydrogen (secondary N) is 2. The van der Waals surface area contributed by atoms with Gasteiger partial charge in [0.25, 0.3) is 0 Å². The molecule has 22 heavy (non-hydrogen) atoms. The summed E-state index contributed by atoms with van der Waals surface area (Å²) in [5.41, 5.74) is 1.25. The van der Waals surface area contributed by atoms with E-state index in [1.54, 1.807) is 14.2 Å². The predicted octanol–water partition coefficient (Wildman–Crippen LogP) is 2.49. The van der Waals surface area contributed by atoms with Crippen LogP contribution in [-0.4, -0.2) is 52.2 Å². The predicted molar refractivity (Wildman–Crippen MR) is 104 cm³/mol. The van der Waals surface area contributed by atoms with Crippen LogP contribution in [0.1, 0.15) is 24.9 Å². The first-order valence-corrected chi connectivity index (χ1v) is 7.37. The summed E-state index contributed by atoms with van der Waals surface area (Å²) < 4.78 is 5.21. The maximum atomic E-state index is 5.21. The summed E-state index contributed by atoms with van der Waals surface area (Å²) >= 11 is 0. The van der Waals surface area contributed by atoms with Crippen molar-refractivity contribution in [2.24, 2.45) is 4.99 Å². The van der Waals surface area contributed by atoms with Gasteiger partial charge in [0.2, 0.25) is 0 Å². The van der Waals surface area contributed by atoms with E-state index in [-0.39, 0.29) is 30.0 Å². The Morgan fingerprint density at radius 2 is 1.86 bits per heavy atom. The molecule has 1 aromatic rings. The molecule has 0 radical (unpaired) electrons. The molecular weight excluding hydrogens is 391 g/mol. The molecule has 0 aliphatic heterocycles. The summed E-state index contributed by atoms with van der Waals surface area (Å²) in [5.74, 6) is 1.72. The summed E-state index contributed by atoms with van der Waals surface area (Å²) in [4.78, 5) is 6.43. The fourth-order valence-electron chi connectivity index (χ4n) is 2.08. The smallest absolute Gasteiger partial charge is 0.191 e. The van der Waals surface area contributed by atoms with E-state index in [9.17, 15) is 0 Å². The van der Waals surface area contributed by atoms with Crippen molar-refractivity contribution in [3.05, 3.63) is 29.8 Å². The molecule has 1 rings (SSSR count). The standard InChI is InChI=1S/C16H28N4O.HI/c1-6-11-18-16(17-2)19-12-15(20(3)4)13-7-9-14(21-5)10-8-13;/h7-10,15H,6,11-12H2,1-5H3,(H2,17,18,19);1H. The van der Waals surface area contributed by atoms with E-state index in [4.69, 9.17) is 4.74 Å². The number of methoxy groups -OCH3 is 1. The van der Waals surface area contributed by atoms with E-state index < -0.39 is 0 Å². The summed E-state index contributed by atoms with van der Waals surface area (Å²) in [7, 11) is 7.64. The van der Waals surface area contributed by atoms with E-state index in [0.717, 1.165) is 31.2 Å². The van der Waals surface area contributed by atoms with Crippen molar-refractivity contribution < 1.29 is 4.74 Å². The molecular formula is C16H29IN4O. The normalized spacial score (nSPS) is 12.5. The van der Waals surface area contributed by atoms with Crippen LogP contribution in [0.2, 0.25) is 0 Å². The average Bonchev–Trinajstić information content (AvgIpc) is 2.50. The zero-order valence-corrected chi connectivity index (χ0v) is 16.5. The van der Waals surface area contributed by atoms with Crippen LogP contribution in [0.4, 0.5) is 0 Å². The number of hydrogen-bond donors (Lipinski definition) is 2. The number of likely N-dealkylation sites (N-methyl/N-ethyl adjacent to an activating group) is 1. The number of halogens is 1. The number of ether oxygens (including phenoxy) is 1. The Morgan fingerprint density at radius 1 is 1.23 bits per heavy atom. The van der Waals surface area contributed by atoms with Crippen LogP contribution in [0.25, 0.3) is 0 Å². The molecule has 5 nitrogen and oxygen atoms in total. The number of benzene rings is 1. The van der Waals surface area contributed by atoms with Crippen LogP contribution < -0.4 is 15.4 Å². The zero-order valence-electron chi connectivity index (χ0n) is 14.2. The Balaban J connectivity index is 0.00000441. The van der Waals surface area contributed by atoms with Gasteiger partial charge in [0.1, 0.15) is 5.75 Å². The molecule has 0 fully saturated rings. The second-order valence-electron chi connectivity index (χ2n) is 5.13. The Hall–Kier alpha value is -1.02. The second kappa shape index (κ2) is 11.5. The molecule has 1 atom stereocenters. The van der Waals surface area contributed by atoms with Crippen LogP contribution in [-0.2, 0) is 0 Å². The molecule has 0 aliphatic rings. The van der Waals surface area contributed by atoms with E-state index in [1.165, 1.54) is 5.56 Å². The Morgan fingerprint density at radius 3 is 2.32 bits per heavy atom. The van der Waals surface area contributed by atoms with Crippen LogP contribution in [0, 0.1) is 0 Å². The summed E-state index contributed by atoms with van der Waals surface area (Å²) in [6.45, 7) is 3.86. The van der Waals surface area contributed by atoms with Crippen molar-refractivity contribution in [2.75, 3.05) is 41.3 Å². The highest BCUT2D eigenvalue weighted by atomic mass is 127. The monoisotopic (exact) mass is 420 g/mol. The molecule has 0 amide bonds. The molecule has 1 aromatic carbocycles. The first-order chi connectivity index (χ1) is 10.1. The van der Waals surface area contributed by atoms with E-state index >= 15 is 0 Å². The van der Waals surface area contributed by atoms with Gasteiger partial charge >= 0.3 is 0 Å². The third kappa shape index (κ3) is 6.83. The lowest BCUT2D eigenvalue weighted by atomic mass is 10.1. The lowest BCUT2D eigenvalue weighted by molar-refractivity contribution is 0.298. The molecule has 0 spiro atoms. The van der Waals surface area contributed by atoms with E-state index in [2.05, 4.69) is 53.7 Å². The molecule has 0 aliphatic carbocycles. The summed E-state index contributed by atoms with van der Waals surface area (Å²) in [5, 5.41) is 6.66. The second-order valence-corrected chi connectivity index (χ2v) is 5.13. The van der Waals surface area contributed by atoms with Gasteiger partial charge in [-0.1, -0.05) is 19.1 Å². The van der Waals surface area contributed by atoms with Crippen molar-refractivity contribution in [1.29, 1.82) is 0 Å². The Labute approximate surface area is 151 Å². The van der Waals surface area contributed by atoms with Crippen LogP contribution in [0.5, 0.6) is 5.75 Å². The van der Waals surface area contributed by atoms with Gasteiger partial charge in [-0.15, -0.1) is 24.0 Å². The lowest BCUT2D eigenvalue weighted by Gasteiger charge is -2.26. The van der Waals surface area contributed by atoms with Gasteiger partial charge in [-0.05, 0) is 38.2 Å². The van der Waals surface area contributed by atoms with Gasteiger partial charge in [0, 0.05) is 20.1 Å². The highest BCUT2D eigenvalue weighted by Gasteiger charge is 2.14. The third-order valence-corrected chi connectivity index (χ3v) is 3.35. The number of nitrogens with zero attached hydrogens (tertiary/aromatic N) is 2. The molecule has 0 aromatic heterocycles. The number of hydrogen-bond acceptors (Lipinski definition) is 3. The van der Waals surface area contributed by atoms with Gasteiger partial charge in [0.15, 0.2) is 5.96 Å². The number of rotatable bonds is 7. The topological polar surface area (TPSA) is 48.9 Å². The minimum Gasteiger partial charge on any atom is -0.497 e. The largest absolute Gasteiger partial charge is 0.497 e. The minimum atomic E-state index is 0. The maximum Gasteiger partial charge on any atom is 0.191 e. The van der Waals surface area contributed by atoms with E-state index in [0.29, 0.717) is 0 Å². The number of guanidine groups is 1. The lowest BCUT2D eigenvalue weighted by Crippen LogP contribution is -2.41. The highest BCUT2D eigenvalue weighted by Crippen LogP contribution is 2.20. The Kier molecular flexibility index (Phi) is 11.0. The SMILES string of the molecule is CCCNC(=NC)NCC(c1ccc(OC)cc1)N(C)C.I. The molecule has 126 valence electrons. The van der Waals surface area contributed by atoms with Gasteiger partial charge in [-0.3, -0.25) is 4.99 Å². The van der Waals surface area contributed by atoms with Crippen molar-refractivity contribution in [2.45, 2.75) is 19.4 Å². The molecule has 0 saturated heterocycles. The fourth-order valence-corrected chi connectivity index (χ4v) is 2.08. The quantitative estimate of drug-likeness (QED) is 0.404. The molecule has 2 N–H and O–H groups in total. The fraction of sp³-hybridized carbons (Fsp3) is 0.562. The minimum absolute atomic E-state index is 0. The molecule has 0 heterocycles. The molecule has 1 unspecified atom stereocenters. The first kappa shape index (κ1) is 21.0. The highest BCUT2D eigenvalue weighted by molar-refractivity contribution is 14.0. The molecule has 6 heteroatoms. The van der Waals surface area contributed by atoms with E-state index in [1.807, 2.05) is 12.1 Å². The summed E-state index contributed by atoms with van der Waals surface area (Å²) in [6.07, 6.45) is 1.08. The van der Waals surface area contributed by atoms with Crippen molar-refractivity contribution >= 4 is 29.9 Å². The van der Waals surface area contributed by atoms with Crippen molar-refractivity contribution in [1.82, 2.24) is 15.5 Å². The molecule has 0 saturated carbocycles. The Bertz CT molecular complexity index is 434. The molecule has 0 bridgehead atoms. The van der Waals surface area contributed by atoms with Crippen LogP contribution >= 0.6 is 24.0 Å². The van der Waals surface area contributed by atoms with Gasteiger partial charge in [0.05, 0.1) is 13.2 Å².